The summed E-state index contributed by atoms with van der Waals surface area (Å²) >= 11 is 0. The molecule has 0 aliphatic carbocycles. The predicted molar refractivity (Wildman–Crippen MR) is 204 cm³/mol. The molecule has 0 saturated heterocycles. The number of aryl methyl sites for hydroxylation is 1. The first-order valence-electron chi connectivity index (χ1n) is 17.3. The van der Waals surface area contributed by atoms with Gasteiger partial charge in [-0.3, -0.25) is 0 Å². The Morgan fingerprint density at radius 2 is 1.31 bits per heavy atom. The number of aromatic nitrogens is 3. The average molecular weight is 848 g/mol. The average Bonchev–Trinajstić information content (AvgIpc) is 3.75. The van der Waals surface area contributed by atoms with Gasteiger partial charge in [-0.2, -0.15) is 0 Å². The molecule has 0 N–H and O–H groups in total. The molecule has 0 spiro atoms. The van der Waals surface area contributed by atoms with E-state index in [1.165, 1.54) is 22.3 Å². The Morgan fingerprint density at radius 1 is 0.647 bits per heavy atom. The smallest absolute Gasteiger partial charge is 0.227 e. The second-order valence-corrected chi connectivity index (χ2v) is 13.8. The zero-order chi connectivity index (χ0) is 34.9. The van der Waals surface area contributed by atoms with Crippen LogP contribution in [0.5, 0.6) is 0 Å². The molecular formula is C45H41IrN3O2-2. The van der Waals surface area contributed by atoms with Gasteiger partial charge in [0.15, 0.2) is 16.7 Å². The van der Waals surface area contributed by atoms with Gasteiger partial charge in [0.25, 0.3) is 0 Å². The first-order chi connectivity index (χ1) is 24.2. The van der Waals surface area contributed by atoms with Gasteiger partial charge in [0, 0.05) is 43.4 Å². The summed E-state index contributed by atoms with van der Waals surface area (Å²) in [5, 5.41) is 2.03. The van der Waals surface area contributed by atoms with Crippen molar-refractivity contribution in [3.63, 3.8) is 0 Å². The van der Waals surface area contributed by atoms with Crippen molar-refractivity contribution in [2.45, 2.75) is 66.2 Å². The van der Waals surface area contributed by atoms with Crippen LogP contribution in [0, 0.1) is 19.1 Å². The first-order valence-corrected chi connectivity index (χ1v) is 17.3. The van der Waals surface area contributed by atoms with Crippen molar-refractivity contribution in [1.29, 1.82) is 0 Å². The van der Waals surface area contributed by atoms with Crippen LogP contribution in [0.25, 0.3) is 67.0 Å². The summed E-state index contributed by atoms with van der Waals surface area (Å²) in [5.74, 6) is 2.06. The topological polar surface area (TPSA) is 65.0 Å². The molecule has 259 valence electrons. The first kappa shape index (κ1) is 35.9. The maximum absolute atomic E-state index is 6.41. The largest absolute Gasteiger partial charge is 0.498 e. The number of pyridine rings is 2. The van der Waals surface area contributed by atoms with Gasteiger partial charge < -0.3 is 18.8 Å². The third-order valence-corrected chi connectivity index (χ3v) is 9.23. The molecule has 6 heteroatoms. The standard InChI is InChI=1S/C27H19N2O2.C18H22N.Ir/c1-16(2)18-13-14-28-22(15-18)21-10-6-9-19-20-11-12-23-24(26(20)31-25(19)21)29-27(30-23)17-7-4-3-5-8-17;1-12(2)15-8-9-19-18(11-15)16-7-6-14(5)17(10-16)13(3)4;/h3-9,11-16H,1-2H3;6,8-13H,1-5H3;/q2*-1;. The fraction of sp³-hybridized carbons (Fsp3) is 0.222. The number of fused-ring (bicyclic) bond motifs is 5. The van der Waals surface area contributed by atoms with Crippen LogP contribution in [0.1, 0.15) is 81.5 Å². The molecule has 0 saturated carbocycles. The summed E-state index contributed by atoms with van der Waals surface area (Å²) < 4.78 is 12.4. The molecule has 4 aromatic carbocycles. The molecule has 1 radical (unpaired) electrons. The van der Waals surface area contributed by atoms with Gasteiger partial charge in [0.2, 0.25) is 5.89 Å². The van der Waals surface area contributed by atoms with Gasteiger partial charge in [0.05, 0.1) is 5.58 Å². The maximum Gasteiger partial charge on any atom is 0.227 e. The Hall–Kier alpha value is -4.90. The number of furan rings is 1. The van der Waals surface area contributed by atoms with E-state index in [4.69, 9.17) is 13.8 Å². The van der Waals surface area contributed by atoms with E-state index in [-0.39, 0.29) is 20.1 Å². The normalized spacial score (nSPS) is 11.4. The molecule has 51 heavy (non-hydrogen) atoms. The Balaban J connectivity index is 0.000000194. The molecule has 8 rings (SSSR count). The van der Waals surface area contributed by atoms with Crippen molar-refractivity contribution in [1.82, 2.24) is 15.0 Å². The fourth-order valence-electron chi connectivity index (χ4n) is 6.33. The third-order valence-electron chi connectivity index (χ3n) is 9.23. The Labute approximate surface area is 313 Å². The van der Waals surface area contributed by atoms with E-state index in [9.17, 15) is 0 Å². The van der Waals surface area contributed by atoms with Gasteiger partial charge in [-0.05, 0) is 65.5 Å². The van der Waals surface area contributed by atoms with E-state index in [1.807, 2.05) is 67.0 Å². The summed E-state index contributed by atoms with van der Waals surface area (Å²) in [7, 11) is 0. The maximum atomic E-state index is 6.41. The zero-order valence-electron chi connectivity index (χ0n) is 30.0. The summed E-state index contributed by atoms with van der Waals surface area (Å²) in [6, 6.07) is 37.3. The van der Waals surface area contributed by atoms with Crippen molar-refractivity contribution >= 4 is 33.0 Å². The molecule has 0 unspecified atom stereocenters. The van der Waals surface area contributed by atoms with Crippen LogP contribution in [0.3, 0.4) is 0 Å². The van der Waals surface area contributed by atoms with Crippen molar-refractivity contribution in [3.05, 3.63) is 138 Å². The zero-order valence-corrected chi connectivity index (χ0v) is 32.4. The molecule has 0 aliphatic rings. The molecule has 4 heterocycles. The number of rotatable bonds is 6. The molecular weight excluding hydrogens is 807 g/mol. The van der Waals surface area contributed by atoms with Crippen LogP contribution in [-0.2, 0) is 20.1 Å². The Morgan fingerprint density at radius 3 is 2.00 bits per heavy atom. The molecule has 0 bridgehead atoms. The van der Waals surface area contributed by atoms with E-state index in [1.54, 1.807) is 0 Å². The molecule has 0 aliphatic heterocycles. The van der Waals surface area contributed by atoms with Crippen LogP contribution >= 0.6 is 0 Å². The predicted octanol–water partition coefficient (Wildman–Crippen LogP) is 12.5. The minimum absolute atomic E-state index is 0. The second kappa shape index (κ2) is 15.1. The summed E-state index contributed by atoms with van der Waals surface area (Å²) in [4.78, 5) is 13.8. The minimum atomic E-state index is 0. The van der Waals surface area contributed by atoms with Gasteiger partial charge in [-0.25, -0.2) is 4.98 Å². The summed E-state index contributed by atoms with van der Waals surface area (Å²) in [5.41, 5.74) is 12.9. The Bertz CT molecular complexity index is 2440. The quantitative estimate of drug-likeness (QED) is 0.156. The van der Waals surface area contributed by atoms with Gasteiger partial charge in [-0.15, -0.1) is 53.1 Å². The summed E-state index contributed by atoms with van der Waals surface area (Å²) in [6.45, 7) is 15.4. The number of hydrogen-bond donors (Lipinski definition) is 0. The third kappa shape index (κ3) is 7.30. The van der Waals surface area contributed by atoms with E-state index < -0.39 is 0 Å². The second-order valence-electron chi connectivity index (χ2n) is 13.8. The van der Waals surface area contributed by atoms with Gasteiger partial charge >= 0.3 is 0 Å². The fourth-order valence-corrected chi connectivity index (χ4v) is 6.33. The number of benzene rings is 4. The van der Waals surface area contributed by atoms with E-state index >= 15 is 0 Å². The number of oxazole rings is 1. The monoisotopic (exact) mass is 848 g/mol. The van der Waals surface area contributed by atoms with Crippen molar-refractivity contribution in [3.8, 4) is 34.0 Å². The molecule has 8 aromatic rings. The molecule has 5 nitrogen and oxygen atoms in total. The minimum Gasteiger partial charge on any atom is -0.498 e. The summed E-state index contributed by atoms with van der Waals surface area (Å²) in [6.07, 6.45) is 3.75. The number of hydrogen-bond acceptors (Lipinski definition) is 5. The molecule has 4 aromatic heterocycles. The number of nitrogens with zero attached hydrogens (tertiary/aromatic N) is 3. The van der Waals surface area contributed by atoms with Crippen LogP contribution in [0.4, 0.5) is 0 Å². The van der Waals surface area contributed by atoms with Crippen LogP contribution < -0.4 is 0 Å². The van der Waals surface area contributed by atoms with E-state index in [0.717, 1.165) is 55.5 Å². The Kier molecular flexibility index (Phi) is 10.7. The molecule has 0 atom stereocenters. The molecule has 0 fully saturated rings. The van der Waals surface area contributed by atoms with Crippen LogP contribution in [0.2, 0.25) is 0 Å². The van der Waals surface area contributed by atoms with Crippen molar-refractivity contribution in [2.24, 2.45) is 0 Å². The SMILES string of the molecule is CC(C)c1ccnc(-c2[c-]ccc3c2oc2c3ccc3oc(-c4ccccc4)nc32)c1.Cc1c[c-]c(-c2cc(C(C)C)ccn2)cc1C(C)C.[Ir]. The van der Waals surface area contributed by atoms with E-state index in [2.05, 4.69) is 107 Å². The van der Waals surface area contributed by atoms with Crippen LogP contribution in [-0.4, -0.2) is 15.0 Å². The van der Waals surface area contributed by atoms with E-state index in [0.29, 0.717) is 29.2 Å². The van der Waals surface area contributed by atoms with Gasteiger partial charge in [-0.1, -0.05) is 101 Å². The van der Waals surface area contributed by atoms with Crippen LogP contribution in [0.15, 0.2) is 112 Å². The van der Waals surface area contributed by atoms with Crippen molar-refractivity contribution in [2.75, 3.05) is 0 Å². The van der Waals surface area contributed by atoms with Gasteiger partial charge in [0.1, 0.15) is 0 Å². The molecule has 0 amide bonds. The van der Waals surface area contributed by atoms with Crippen molar-refractivity contribution < 1.29 is 28.9 Å².